The van der Waals surface area contributed by atoms with Crippen LogP contribution >= 0.6 is 11.8 Å². The van der Waals surface area contributed by atoms with Gasteiger partial charge in [-0.25, -0.2) is 4.99 Å². The zero-order valence-corrected chi connectivity index (χ0v) is 9.16. The van der Waals surface area contributed by atoms with Crippen LogP contribution in [0.1, 0.15) is 12.5 Å². The molecule has 1 heterocycles. The maximum absolute atomic E-state index is 11.2. The monoisotopic (exact) mass is 221 g/mol. The van der Waals surface area contributed by atoms with E-state index in [1.165, 1.54) is 0 Å². The zero-order chi connectivity index (χ0) is 10.7. The third-order valence-electron chi connectivity index (χ3n) is 2.03. The predicted octanol–water partition coefficient (Wildman–Crippen LogP) is 2.22. The molecule has 0 unspecified atom stereocenters. The van der Waals surface area contributed by atoms with E-state index in [2.05, 4.69) is 4.99 Å². The minimum atomic E-state index is -0.263. The number of carbonyl (C=O) groups excluding carboxylic acids is 1. The molecular formula is C11H11NO2S. The number of hydrogen-bond acceptors (Lipinski definition) is 4. The summed E-state index contributed by atoms with van der Waals surface area (Å²) in [6.45, 7) is 2.24. The van der Waals surface area contributed by atoms with E-state index >= 15 is 0 Å². The van der Waals surface area contributed by atoms with E-state index in [1.807, 2.05) is 30.3 Å². The number of hydrogen-bond donors (Lipinski definition) is 0. The highest BCUT2D eigenvalue weighted by Gasteiger charge is 2.24. The summed E-state index contributed by atoms with van der Waals surface area (Å²) in [7, 11) is 0. The second-order valence-electron chi connectivity index (χ2n) is 3.27. The SMILES string of the molecule is C[C@@H]1N=C(OCc2ccccc2)SC1=O. The van der Waals surface area contributed by atoms with Crippen LogP contribution in [0.3, 0.4) is 0 Å². The average molecular weight is 221 g/mol. The van der Waals surface area contributed by atoms with E-state index in [0.717, 1.165) is 17.3 Å². The minimum Gasteiger partial charge on any atom is -0.468 e. The smallest absolute Gasteiger partial charge is 0.254 e. The summed E-state index contributed by atoms with van der Waals surface area (Å²) < 4.78 is 5.42. The Kier molecular flexibility index (Phi) is 3.06. The van der Waals surface area contributed by atoms with Crippen LogP contribution in [-0.4, -0.2) is 16.4 Å². The van der Waals surface area contributed by atoms with Gasteiger partial charge in [-0.3, -0.25) is 4.79 Å². The van der Waals surface area contributed by atoms with Crippen LogP contribution in [0, 0.1) is 0 Å². The van der Waals surface area contributed by atoms with Crippen molar-refractivity contribution in [2.75, 3.05) is 0 Å². The molecule has 1 aromatic carbocycles. The summed E-state index contributed by atoms with van der Waals surface area (Å²) in [5, 5.41) is 0.536. The zero-order valence-electron chi connectivity index (χ0n) is 8.34. The van der Waals surface area contributed by atoms with Gasteiger partial charge in [0.15, 0.2) is 0 Å². The molecule has 0 fully saturated rings. The summed E-state index contributed by atoms with van der Waals surface area (Å²) in [4.78, 5) is 15.3. The van der Waals surface area contributed by atoms with Crippen molar-refractivity contribution in [3.8, 4) is 0 Å². The molecule has 0 spiro atoms. The van der Waals surface area contributed by atoms with Gasteiger partial charge >= 0.3 is 0 Å². The number of ether oxygens (including phenoxy) is 1. The maximum atomic E-state index is 11.2. The number of benzene rings is 1. The molecule has 78 valence electrons. The Bertz CT molecular complexity index is 389. The van der Waals surface area contributed by atoms with E-state index < -0.39 is 0 Å². The molecule has 0 saturated carbocycles. The topological polar surface area (TPSA) is 38.7 Å². The van der Waals surface area contributed by atoms with Crippen LogP contribution in [0.15, 0.2) is 35.3 Å². The summed E-state index contributed by atoms with van der Waals surface area (Å²) in [6.07, 6.45) is 0. The minimum absolute atomic E-state index is 0.0538. The average Bonchev–Trinajstić information content (AvgIpc) is 2.57. The van der Waals surface area contributed by atoms with Crippen molar-refractivity contribution in [2.45, 2.75) is 19.6 Å². The fourth-order valence-corrected chi connectivity index (χ4v) is 1.92. The first-order valence-corrected chi connectivity index (χ1v) is 5.53. The highest BCUT2D eigenvalue weighted by Crippen LogP contribution is 2.21. The fraction of sp³-hybridized carbons (Fsp3) is 0.273. The maximum Gasteiger partial charge on any atom is 0.254 e. The Balaban J connectivity index is 1.90. The molecular weight excluding hydrogens is 210 g/mol. The Morgan fingerprint density at radius 3 is 2.73 bits per heavy atom. The van der Waals surface area contributed by atoms with E-state index in [9.17, 15) is 4.79 Å². The first-order valence-electron chi connectivity index (χ1n) is 4.72. The molecule has 0 amide bonds. The molecule has 0 bridgehead atoms. The Labute approximate surface area is 92.5 Å². The van der Waals surface area contributed by atoms with Gasteiger partial charge in [-0.15, -0.1) is 0 Å². The molecule has 1 aliphatic rings. The molecule has 1 aromatic rings. The highest BCUT2D eigenvalue weighted by atomic mass is 32.2. The molecule has 3 nitrogen and oxygen atoms in total. The van der Waals surface area contributed by atoms with Crippen LogP contribution in [0.5, 0.6) is 0 Å². The molecule has 1 atom stereocenters. The van der Waals surface area contributed by atoms with Gasteiger partial charge in [0, 0.05) is 11.8 Å². The molecule has 0 radical (unpaired) electrons. The third kappa shape index (κ3) is 2.59. The fourth-order valence-electron chi connectivity index (χ4n) is 1.19. The van der Waals surface area contributed by atoms with Gasteiger partial charge in [0.2, 0.25) is 5.12 Å². The molecule has 0 N–H and O–H groups in total. The third-order valence-corrected chi connectivity index (χ3v) is 2.97. The summed E-state index contributed by atoms with van der Waals surface area (Å²) >= 11 is 1.08. The van der Waals surface area contributed by atoms with E-state index in [0.29, 0.717) is 11.8 Å². The van der Waals surface area contributed by atoms with Crippen molar-refractivity contribution < 1.29 is 9.53 Å². The number of thioether (sulfide) groups is 1. The number of nitrogens with zero attached hydrogens (tertiary/aromatic N) is 1. The van der Waals surface area contributed by atoms with Crippen LogP contribution in [0.2, 0.25) is 0 Å². The molecule has 4 heteroatoms. The number of carbonyl (C=O) groups is 1. The van der Waals surface area contributed by atoms with Gasteiger partial charge in [-0.05, 0) is 12.5 Å². The largest absolute Gasteiger partial charge is 0.468 e. The number of rotatable bonds is 2. The van der Waals surface area contributed by atoms with Crippen molar-refractivity contribution >= 4 is 22.1 Å². The van der Waals surface area contributed by atoms with Gasteiger partial charge in [0.25, 0.3) is 5.23 Å². The Morgan fingerprint density at radius 2 is 2.13 bits per heavy atom. The lowest BCUT2D eigenvalue weighted by molar-refractivity contribution is -0.111. The highest BCUT2D eigenvalue weighted by molar-refractivity contribution is 8.26. The molecule has 0 aliphatic carbocycles. The van der Waals surface area contributed by atoms with E-state index in [4.69, 9.17) is 4.74 Å². The van der Waals surface area contributed by atoms with Crippen LogP contribution < -0.4 is 0 Å². The lowest BCUT2D eigenvalue weighted by atomic mass is 10.2. The van der Waals surface area contributed by atoms with Gasteiger partial charge in [-0.1, -0.05) is 30.3 Å². The van der Waals surface area contributed by atoms with Gasteiger partial charge in [-0.2, -0.15) is 0 Å². The van der Waals surface area contributed by atoms with E-state index in [-0.39, 0.29) is 11.2 Å². The molecule has 15 heavy (non-hydrogen) atoms. The normalized spacial score (nSPS) is 20.2. The summed E-state index contributed by atoms with van der Waals surface area (Å²) in [6, 6.07) is 9.56. The molecule has 0 saturated heterocycles. The van der Waals surface area contributed by atoms with Crippen molar-refractivity contribution in [3.63, 3.8) is 0 Å². The lowest BCUT2D eigenvalue weighted by Gasteiger charge is -2.03. The van der Waals surface area contributed by atoms with Crippen molar-refractivity contribution in [3.05, 3.63) is 35.9 Å². The summed E-state index contributed by atoms with van der Waals surface area (Å²) in [5.74, 6) is 0. The lowest BCUT2D eigenvalue weighted by Crippen LogP contribution is -2.02. The van der Waals surface area contributed by atoms with E-state index in [1.54, 1.807) is 6.92 Å². The van der Waals surface area contributed by atoms with Gasteiger partial charge in [0.1, 0.15) is 12.6 Å². The van der Waals surface area contributed by atoms with Crippen LogP contribution in [-0.2, 0) is 16.1 Å². The quantitative estimate of drug-likeness (QED) is 0.768. The summed E-state index contributed by atoms with van der Waals surface area (Å²) in [5.41, 5.74) is 1.08. The van der Waals surface area contributed by atoms with Crippen LogP contribution in [0.4, 0.5) is 0 Å². The first kappa shape index (κ1) is 10.2. The van der Waals surface area contributed by atoms with Crippen LogP contribution in [0.25, 0.3) is 0 Å². The van der Waals surface area contributed by atoms with Gasteiger partial charge < -0.3 is 4.74 Å². The second kappa shape index (κ2) is 4.49. The number of aliphatic imine (C=N–C) groups is 1. The Hall–Kier alpha value is -1.29. The van der Waals surface area contributed by atoms with Crippen molar-refractivity contribution in [2.24, 2.45) is 4.99 Å². The van der Waals surface area contributed by atoms with Gasteiger partial charge in [0.05, 0.1) is 0 Å². The standard InChI is InChI=1S/C11H11NO2S/c1-8-10(13)15-11(12-8)14-7-9-5-3-2-4-6-9/h2-6,8H,7H2,1H3/t8-/m0/s1. The molecule has 0 aromatic heterocycles. The predicted molar refractivity (Wildman–Crippen MR) is 60.7 cm³/mol. The van der Waals surface area contributed by atoms with Crippen molar-refractivity contribution in [1.82, 2.24) is 0 Å². The second-order valence-corrected chi connectivity index (χ2v) is 4.22. The van der Waals surface area contributed by atoms with Crippen molar-refractivity contribution in [1.29, 1.82) is 0 Å². The molecule has 2 rings (SSSR count). The molecule has 1 aliphatic heterocycles. The first-order chi connectivity index (χ1) is 7.25. The Morgan fingerprint density at radius 1 is 1.40 bits per heavy atom.